The second-order valence-corrected chi connectivity index (χ2v) is 16.2. The highest BCUT2D eigenvalue weighted by Crippen LogP contribution is 2.27. The average Bonchev–Trinajstić information content (AvgIpc) is 2.87. The van der Waals surface area contributed by atoms with E-state index in [1.165, 1.54) is 0 Å². The number of rotatable bonds is 16. The summed E-state index contributed by atoms with van der Waals surface area (Å²) < 4.78 is 36.1. The van der Waals surface area contributed by atoms with Gasteiger partial charge in [0.15, 0.2) is 14.1 Å². The van der Waals surface area contributed by atoms with E-state index < -0.39 is 18.3 Å². The Kier molecular flexibility index (Phi) is 12.2. The van der Waals surface area contributed by atoms with Crippen LogP contribution in [0.3, 0.4) is 0 Å². The largest absolute Gasteiger partial charge is 0.413 e. The molecule has 0 N–H and O–H groups in total. The van der Waals surface area contributed by atoms with Gasteiger partial charge in [-0.1, -0.05) is 74.9 Å². The molecule has 2 rings (SSSR count). The molecule has 0 aliphatic heterocycles. The van der Waals surface area contributed by atoms with Gasteiger partial charge in [-0.25, -0.2) is 8.42 Å². The molecule has 0 bridgehead atoms. The fourth-order valence-electron chi connectivity index (χ4n) is 4.37. The minimum atomic E-state index is -3.72. The molecule has 36 heavy (non-hydrogen) atoms. The van der Waals surface area contributed by atoms with Gasteiger partial charge < -0.3 is 4.43 Å². The zero-order valence-electron chi connectivity index (χ0n) is 22.6. The molecule has 5 nitrogen and oxygen atoms in total. The molecule has 0 saturated heterocycles. The number of aryl methyl sites for hydroxylation is 1. The number of benzene rings is 2. The standard InChI is InChI=1S/C29H43NO4SSi/c1-6-36(7-2,8-3)34-28(18-14-9-11-15-26(5)31)24-30(23-27-16-12-10-13-17-27)35(32,33)29-21-19-25(4)20-22-29/h10-13,15-17,19-22,28H,6-9,14,18,23-24H2,1-5H3/b15-11+. The molecule has 198 valence electrons. The molecule has 1 atom stereocenters. The van der Waals surface area contributed by atoms with Gasteiger partial charge in [0.1, 0.15) is 0 Å². The van der Waals surface area contributed by atoms with E-state index >= 15 is 0 Å². The van der Waals surface area contributed by atoms with Crippen molar-refractivity contribution < 1.29 is 17.6 Å². The van der Waals surface area contributed by atoms with Gasteiger partial charge in [0.25, 0.3) is 0 Å². The predicted molar refractivity (Wildman–Crippen MR) is 151 cm³/mol. The number of carbonyl (C=O) groups excluding carboxylic acids is 1. The number of sulfonamides is 1. The summed E-state index contributed by atoms with van der Waals surface area (Å²) in [6.07, 6.45) is 5.63. The molecule has 0 heterocycles. The molecular formula is C29H43NO4SSi. The lowest BCUT2D eigenvalue weighted by Crippen LogP contribution is -2.45. The molecule has 0 radical (unpaired) electrons. The molecule has 2 aromatic rings. The van der Waals surface area contributed by atoms with Crippen LogP contribution in [0.2, 0.25) is 18.1 Å². The highest BCUT2D eigenvalue weighted by molar-refractivity contribution is 7.89. The van der Waals surface area contributed by atoms with Crippen LogP contribution in [0.15, 0.2) is 71.6 Å². The van der Waals surface area contributed by atoms with Crippen molar-refractivity contribution in [3.8, 4) is 0 Å². The number of hydrogen-bond acceptors (Lipinski definition) is 4. The van der Waals surface area contributed by atoms with Crippen LogP contribution in [0.5, 0.6) is 0 Å². The first kappa shape index (κ1) is 30.2. The minimum absolute atomic E-state index is 0.0374. The van der Waals surface area contributed by atoms with Gasteiger partial charge in [0, 0.05) is 13.1 Å². The van der Waals surface area contributed by atoms with Crippen molar-refractivity contribution in [1.29, 1.82) is 0 Å². The van der Waals surface area contributed by atoms with Crippen molar-refractivity contribution >= 4 is 24.1 Å². The van der Waals surface area contributed by atoms with Crippen LogP contribution in [0.1, 0.15) is 58.1 Å². The summed E-state index contributed by atoms with van der Waals surface area (Å²) >= 11 is 0. The Morgan fingerprint density at radius 1 is 1.00 bits per heavy atom. The SMILES string of the molecule is CC[Si](CC)(CC)OC(CCC/C=C/C(C)=O)CN(Cc1ccccc1)S(=O)(=O)c1ccc(C)cc1. The van der Waals surface area contributed by atoms with Crippen molar-refractivity contribution in [3.63, 3.8) is 0 Å². The smallest absolute Gasteiger partial charge is 0.243 e. The first-order valence-electron chi connectivity index (χ1n) is 13.1. The minimum Gasteiger partial charge on any atom is -0.413 e. The molecule has 0 amide bonds. The number of unbranched alkanes of at least 4 members (excludes halogenated alkanes) is 1. The van der Waals surface area contributed by atoms with Crippen molar-refractivity contribution in [2.24, 2.45) is 0 Å². The van der Waals surface area contributed by atoms with Crippen LogP contribution in [0, 0.1) is 6.92 Å². The number of carbonyl (C=O) groups is 1. The van der Waals surface area contributed by atoms with Crippen molar-refractivity contribution in [3.05, 3.63) is 77.9 Å². The Morgan fingerprint density at radius 2 is 1.61 bits per heavy atom. The molecule has 1 unspecified atom stereocenters. The maximum absolute atomic E-state index is 13.8. The number of allylic oxidation sites excluding steroid dienone is 2. The second kappa shape index (κ2) is 14.6. The maximum Gasteiger partial charge on any atom is 0.243 e. The molecule has 2 aromatic carbocycles. The third-order valence-corrected chi connectivity index (χ3v) is 13.4. The highest BCUT2D eigenvalue weighted by atomic mass is 32.2. The van der Waals surface area contributed by atoms with Crippen LogP contribution < -0.4 is 0 Å². The fraction of sp³-hybridized carbons (Fsp3) is 0.483. The summed E-state index contributed by atoms with van der Waals surface area (Å²) in [6.45, 7) is 10.7. The topological polar surface area (TPSA) is 63.7 Å². The van der Waals surface area contributed by atoms with Gasteiger partial charge in [-0.2, -0.15) is 4.31 Å². The van der Waals surface area contributed by atoms with Gasteiger partial charge in [0.05, 0.1) is 11.0 Å². The van der Waals surface area contributed by atoms with Gasteiger partial charge in [-0.3, -0.25) is 4.79 Å². The molecule has 0 spiro atoms. The Balaban J connectivity index is 2.38. The molecule has 0 aliphatic carbocycles. The van der Waals surface area contributed by atoms with Crippen molar-refractivity contribution in [2.45, 2.75) is 89.6 Å². The summed E-state index contributed by atoms with van der Waals surface area (Å²) in [5.41, 5.74) is 1.97. The van der Waals surface area contributed by atoms with Crippen LogP contribution >= 0.6 is 0 Å². The van der Waals surface area contributed by atoms with E-state index in [4.69, 9.17) is 4.43 Å². The van der Waals surface area contributed by atoms with Crippen molar-refractivity contribution in [1.82, 2.24) is 4.31 Å². The molecule has 0 aromatic heterocycles. The van der Waals surface area contributed by atoms with E-state index in [-0.39, 0.29) is 11.9 Å². The monoisotopic (exact) mass is 529 g/mol. The molecular weight excluding hydrogens is 486 g/mol. The van der Waals surface area contributed by atoms with E-state index in [9.17, 15) is 13.2 Å². The molecule has 0 fully saturated rings. The van der Waals surface area contributed by atoms with E-state index in [1.54, 1.807) is 29.4 Å². The fourth-order valence-corrected chi connectivity index (χ4v) is 8.73. The Morgan fingerprint density at radius 3 is 2.17 bits per heavy atom. The van der Waals surface area contributed by atoms with E-state index in [2.05, 4.69) is 20.8 Å². The summed E-state index contributed by atoms with van der Waals surface area (Å²) in [5.74, 6) is 0.0374. The maximum atomic E-state index is 13.8. The summed E-state index contributed by atoms with van der Waals surface area (Å²) in [7, 11) is -5.69. The van der Waals surface area contributed by atoms with Crippen molar-refractivity contribution in [2.75, 3.05) is 6.54 Å². The van der Waals surface area contributed by atoms with Gasteiger partial charge >= 0.3 is 0 Å². The second-order valence-electron chi connectivity index (χ2n) is 9.52. The number of hydrogen-bond donors (Lipinski definition) is 0. The van der Waals surface area contributed by atoms with E-state index in [0.29, 0.717) is 18.0 Å². The third kappa shape index (κ3) is 9.11. The van der Waals surface area contributed by atoms with Crippen LogP contribution in [-0.4, -0.2) is 39.5 Å². The lowest BCUT2D eigenvalue weighted by Gasteiger charge is -2.36. The summed E-state index contributed by atoms with van der Waals surface area (Å²) in [6, 6.07) is 19.8. The Labute approximate surface area is 219 Å². The Hall–Kier alpha value is -2.06. The molecule has 7 heteroatoms. The van der Waals surface area contributed by atoms with Gasteiger partial charge in [0.2, 0.25) is 10.0 Å². The normalized spacial score (nSPS) is 13.4. The first-order chi connectivity index (χ1) is 17.2. The van der Waals surface area contributed by atoms with E-state index in [0.717, 1.165) is 48.5 Å². The number of nitrogens with zero attached hydrogens (tertiary/aromatic N) is 1. The summed E-state index contributed by atoms with van der Waals surface area (Å²) in [4.78, 5) is 11.6. The number of ketones is 1. The first-order valence-corrected chi connectivity index (χ1v) is 17.1. The predicted octanol–water partition coefficient (Wildman–Crippen LogP) is 6.89. The third-order valence-electron chi connectivity index (χ3n) is 6.87. The van der Waals surface area contributed by atoms with Gasteiger partial charge in [-0.15, -0.1) is 0 Å². The zero-order valence-corrected chi connectivity index (χ0v) is 24.4. The van der Waals surface area contributed by atoms with Gasteiger partial charge in [-0.05, 0) is 75.0 Å². The van der Waals surface area contributed by atoms with Crippen LogP contribution in [0.4, 0.5) is 0 Å². The van der Waals surface area contributed by atoms with Crippen LogP contribution in [0.25, 0.3) is 0 Å². The summed E-state index contributed by atoms with van der Waals surface area (Å²) in [5, 5.41) is 0. The molecule has 0 saturated carbocycles. The van der Waals surface area contributed by atoms with E-state index in [1.807, 2.05) is 55.5 Å². The Bertz CT molecular complexity index is 1060. The lowest BCUT2D eigenvalue weighted by molar-refractivity contribution is -0.112. The zero-order chi connectivity index (χ0) is 26.6. The van der Waals surface area contributed by atoms with Crippen LogP contribution in [-0.2, 0) is 25.8 Å². The molecule has 0 aliphatic rings. The quantitative estimate of drug-likeness (QED) is 0.135. The lowest BCUT2D eigenvalue weighted by atomic mass is 10.1. The highest BCUT2D eigenvalue weighted by Gasteiger charge is 2.34. The average molecular weight is 530 g/mol.